The van der Waals surface area contributed by atoms with Gasteiger partial charge in [0.15, 0.2) is 12.6 Å². The fraction of sp³-hybridized carbons (Fsp3) is 0.929. The van der Waals surface area contributed by atoms with Crippen LogP contribution in [0.25, 0.3) is 0 Å². The van der Waals surface area contributed by atoms with Gasteiger partial charge in [-0.1, -0.05) is 0 Å². The molecule has 2 aliphatic rings. The molecule has 2 aliphatic heterocycles. The maximum absolute atomic E-state index is 11.4. The average molecular weight is 383 g/mol. The Labute approximate surface area is 148 Å². The molecule has 10 atom stereocenters. The Morgan fingerprint density at radius 3 is 2.04 bits per heavy atom. The van der Waals surface area contributed by atoms with Crippen molar-refractivity contribution in [3.63, 3.8) is 0 Å². The van der Waals surface area contributed by atoms with Crippen LogP contribution < -0.4 is 5.32 Å². The van der Waals surface area contributed by atoms with E-state index in [4.69, 9.17) is 14.2 Å². The second-order valence-electron chi connectivity index (χ2n) is 6.26. The molecule has 2 saturated heterocycles. The lowest BCUT2D eigenvalue weighted by molar-refractivity contribution is -0.341. The standard InChI is InChI=1S/C14H25NO11/c1-4(18)15-7-12(9(20)6(3-17)24-13(7)23)26-14-11(22)10(21)8(19)5(2-16)25-14/h5-14,16-17,19-23H,2-3H2,1H3,(H,15,18)/t5?,6?,7?,8-,9-,10?,11?,12?,13+,14-/m0/s1. The number of hydrogen-bond acceptors (Lipinski definition) is 11. The van der Waals surface area contributed by atoms with Crippen LogP contribution in [-0.4, -0.2) is 116 Å². The molecule has 8 N–H and O–H groups in total. The molecule has 26 heavy (non-hydrogen) atoms. The van der Waals surface area contributed by atoms with Gasteiger partial charge in [0.05, 0.1) is 13.2 Å². The lowest BCUT2D eigenvalue weighted by atomic mass is 9.95. The van der Waals surface area contributed by atoms with Crippen LogP contribution >= 0.6 is 0 Å². The summed E-state index contributed by atoms with van der Waals surface area (Å²) in [7, 11) is 0. The fourth-order valence-corrected chi connectivity index (χ4v) is 2.97. The second kappa shape index (κ2) is 8.84. The zero-order chi connectivity index (χ0) is 19.6. The molecular formula is C14H25NO11. The monoisotopic (exact) mass is 383 g/mol. The van der Waals surface area contributed by atoms with E-state index in [2.05, 4.69) is 5.32 Å². The van der Waals surface area contributed by atoms with Crippen molar-refractivity contribution in [3.8, 4) is 0 Å². The molecule has 0 aromatic rings. The molecule has 152 valence electrons. The van der Waals surface area contributed by atoms with Crippen molar-refractivity contribution >= 4 is 5.91 Å². The summed E-state index contributed by atoms with van der Waals surface area (Å²) in [6.45, 7) is -0.195. The number of nitrogens with one attached hydrogen (secondary N) is 1. The molecule has 0 aromatic heterocycles. The van der Waals surface area contributed by atoms with Crippen LogP contribution in [0.2, 0.25) is 0 Å². The Balaban J connectivity index is 2.21. The third-order valence-electron chi connectivity index (χ3n) is 4.38. The van der Waals surface area contributed by atoms with Gasteiger partial charge < -0.3 is 55.3 Å². The number of hydrogen-bond donors (Lipinski definition) is 8. The van der Waals surface area contributed by atoms with Gasteiger partial charge >= 0.3 is 0 Å². The number of carbonyl (C=O) groups is 1. The van der Waals surface area contributed by atoms with Crippen molar-refractivity contribution in [2.75, 3.05) is 13.2 Å². The van der Waals surface area contributed by atoms with Crippen molar-refractivity contribution in [3.05, 3.63) is 0 Å². The summed E-state index contributed by atoms with van der Waals surface area (Å²) < 4.78 is 15.7. The van der Waals surface area contributed by atoms with E-state index < -0.39 is 80.5 Å². The molecule has 0 bridgehead atoms. The zero-order valence-electron chi connectivity index (χ0n) is 14.0. The number of ether oxygens (including phenoxy) is 3. The Hall–Kier alpha value is -0.930. The summed E-state index contributed by atoms with van der Waals surface area (Å²) in [6.07, 6.45) is -13.7. The molecule has 0 saturated carbocycles. The second-order valence-corrected chi connectivity index (χ2v) is 6.26. The average Bonchev–Trinajstić information content (AvgIpc) is 2.60. The normalized spacial score (nSPS) is 46.8. The largest absolute Gasteiger partial charge is 0.394 e. The predicted octanol–water partition coefficient (Wildman–Crippen LogP) is -5.25. The quantitative estimate of drug-likeness (QED) is 0.226. The van der Waals surface area contributed by atoms with Crippen LogP contribution in [0, 0.1) is 0 Å². The third-order valence-corrected chi connectivity index (χ3v) is 4.38. The first-order valence-electron chi connectivity index (χ1n) is 8.06. The summed E-state index contributed by atoms with van der Waals surface area (Å²) in [6, 6.07) is -1.28. The number of aliphatic hydroxyl groups is 7. The van der Waals surface area contributed by atoms with Gasteiger partial charge in [0.1, 0.15) is 48.8 Å². The van der Waals surface area contributed by atoms with Gasteiger partial charge in [0, 0.05) is 6.92 Å². The summed E-state index contributed by atoms with van der Waals surface area (Å²) in [5.41, 5.74) is 0. The Morgan fingerprint density at radius 2 is 1.50 bits per heavy atom. The van der Waals surface area contributed by atoms with Gasteiger partial charge in [-0.25, -0.2) is 0 Å². The maximum Gasteiger partial charge on any atom is 0.217 e. The molecule has 0 spiro atoms. The molecular weight excluding hydrogens is 358 g/mol. The summed E-state index contributed by atoms with van der Waals surface area (Å²) >= 11 is 0. The minimum atomic E-state index is -1.74. The summed E-state index contributed by atoms with van der Waals surface area (Å²) in [5.74, 6) is -0.574. The molecule has 0 aromatic carbocycles. The van der Waals surface area contributed by atoms with Gasteiger partial charge in [0.25, 0.3) is 0 Å². The maximum atomic E-state index is 11.4. The predicted molar refractivity (Wildman–Crippen MR) is 80.2 cm³/mol. The van der Waals surface area contributed by atoms with E-state index in [-0.39, 0.29) is 0 Å². The van der Waals surface area contributed by atoms with Crippen molar-refractivity contribution < 1.29 is 54.8 Å². The third kappa shape index (κ3) is 4.31. The number of rotatable bonds is 5. The molecule has 0 aliphatic carbocycles. The molecule has 2 rings (SSSR count). The highest BCUT2D eigenvalue weighted by Gasteiger charge is 2.50. The number of aliphatic hydroxyl groups excluding tert-OH is 7. The topological polar surface area (TPSA) is 198 Å². The summed E-state index contributed by atoms with van der Waals surface area (Å²) in [4.78, 5) is 11.4. The minimum absolute atomic E-state index is 0.574. The van der Waals surface area contributed by atoms with Gasteiger partial charge in [-0.05, 0) is 0 Å². The van der Waals surface area contributed by atoms with E-state index in [1.807, 2.05) is 0 Å². The Morgan fingerprint density at radius 1 is 0.923 bits per heavy atom. The van der Waals surface area contributed by atoms with E-state index in [9.17, 15) is 40.5 Å². The van der Waals surface area contributed by atoms with Crippen LogP contribution in [0.1, 0.15) is 6.92 Å². The SMILES string of the molecule is CC(=O)NC1C(O[C@@H]2OC(CO)[C@H](O)C(O)C2O)[C@@H](O)C(CO)O[C@H]1O. The molecule has 12 heteroatoms. The molecule has 2 fully saturated rings. The first-order chi connectivity index (χ1) is 12.2. The van der Waals surface area contributed by atoms with Gasteiger partial charge in [-0.15, -0.1) is 0 Å². The van der Waals surface area contributed by atoms with Gasteiger partial charge in [0.2, 0.25) is 5.91 Å². The number of carbonyl (C=O) groups excluding carboxylic acids is 1. The lowest BCUT2D eigenvalue weighted by Crippen LogP contribution is -2.67. The molecule has 6 unspecified atom stereocenters. The van der Waals surface area contributed by atoms with Crippen LogP contribution in [-0.2, 0) is 19.0 Å². The first-order valence-corrected chi connectivity index (χ1v) is 8.06. The highest BCUT2D eigenvalue weighted by Crippen LogP contribution is 2.28. The molecule has 1 amide bonds. The van der Waals surface area contributed by atoms with E-state index in [0.29, 0.717) is 0 Å². The smallest absolute Gasteiger partial charge is 0.217 e. The number of amides is 1. The zero-order valence-corrected chi connectivity index (χ0v) is 14.0. The highest BCUT2D eigenvalue weighted by atomic mass is 16.7. The Bertz CT molecular complexity index is 478. The summed E-state index contributed by atoms with van der Waals surface area (Å²) in [5, 5.41) is 70.7. The van der Waals surface area contributed by atoms with Crippen molar-refractivity contribution in [1.29, 1.82) is 0 Å². The Kier molecular flexibility index (Phi) is 7.27. The van der Waals surface area contributed by atoms with E-state index in [1.54, 1.807) is 0 Å². The van der Waals surface area contributed by atoms with Crippen LogP contribution in [0.5, 0.6) is 0 Å². The fourth-order valence-electron chi connectivity index (χ4n) is 2.97. The van der Waals surface area contributed by atoms with Crippen molar-refractivity contribution in [1.82, 2.24) is 5.32 Å². The van der Waals surface area contributed by atoms with E-state index >= 15 is 0 Å². The van der Waals surface area contributed by atoms with E-state index in [0.717, 1.165) is 6.92 Å². The highest BCUT2D eigenvalue weighted by molar-refractivity contribution is 5.73. The van der Waals surface area contributed by atoms with Crippen LogP contribution in [0.15, 0.2) is 0 Å². The van der Waals surface area contributed by atoms with E-state index in [1.165, 1.54) is 0 Å². The van der Waals surface area contributed by atoms with Gasteiger partial charge in [-0.2, -0.15) is 0 Å². The van der Waals surface area contributed by atoms with Crippen LogP contribution in [0.4, 0.5) is 0 Å². The first kappa shape index (κ1) is 21.4. The van der Waals surface area contributed by atoms with Crippen molar-refractivity contribution in [2.45, 2.75) is 68.3 Å². The van der Waals surface area contributed by atoms with Crippen molar-refractivity contribution in [2.24, 2.45) is 0 Å². The van der Waals surface area contributed by atoms with Crippen LogP contribution in [0.3, 0.4) is 0 Å². The lowest BCUT2D eigenvalue weighted by Gasteiger charge is -2.46. The van der Waals surface area contributed by atoms with Gasteiger partial charge in [-0.3, -0.25) is 4.79 Å². The molecule has 12 nitrogen and oxygen atoms in total. The molecule has 2 heterocycles. The minimum Gasteiger partial charge on any atom is -0.394 e. The molecule has 0 radical (unpaired) electrons.